The van der Waals surface area contributed by atoms with Crippen LogP contribution in [0.5, 0.6) is 0 Å². The predicted octanol–water partition coefficient (Wildman–Crippen LogP) is 1.28. The summed E-state index contributed by atoms with van der Waals surface area (Å²) in [6, 6.07) is -0.0943. The van der Waals surface area contributed by atoms with E-state index < -0.39 is 0 Å². The number of aromatic nitrogens is 5. The van der Waals surface area contributed by atoms with E-state index in [2.05, 4.69) is 29.3 Å². The molecule has 6 heteroatoms. The van der Waals surface area contributed by atoms with Crippen LogP contribution in [0.4, 0.5) is 0 Å². The van der Waals surface area contributed by atoms with Crippen LogP contribution in [0.3, 0.4) is 0 Å². The molecule has 0 saturated heterocycles. The third kappa shape index (κ3) is 2.68. The highest BCUT2D eigenvalue weighted by Gasteiger charge is 2.17. The maximum absolute atomic E-state index is 6.31. The van der Waals surface area contributed by atoms with Gasteiger partial charge in [0.25, 0.3) is 0 Å². The second-order valence-electron chi connectivity index (χ2n) is 4.97. The summed E-state index contributed by atoms with van der Waals surface area (Å²) in [4.78, 5) is 0. The van der Waals surface area contributed by atoms with Crippen LogP contribution >= 0.6 is 0 Å². The van der Waals surface area contributed by atoms with Gasteiger partial charge in [0, 0.05) is 19.3 Å². The van der Waals surface area contributed by atoms with Crippen molar-refractivity contribution in [3.8, 4) is 0 Å². The normalized spacial score (nSPS) is 12.9. The fourth-order valence-corrected chi connectivity index (χ4v) is 2.38. The highest BCUT2D eigenvalue weighted by molar-refractivity contribution is 5.26. The number of hydrogen-bond acceptors (Lipinski definition) is 4. The van der Waals surface area contributed by atoms with E-state index >= 15 is 0 Å². The summed E-state index contributed by atoms with van der Waals surface area (Å²) in [5, 5.41) is 12.5. The average molecular weight is 262 g/mol. The van der Waals surface area contributed by atoms with Crippen LogP contribution in [-0.2, 0) is 20.0 Å². The quantitative estimate of drug-likeness (QED) is 0.881. The minimum absolute atomic E-state index is 0.0943. The maximum Gasteiger partial charge on any atom is 0.0757 e. The first-order valence-corrected chi connectivity index (χ1v) is 6.67. The van der Waals surface area contributed by atoms with Gasteiger partial charge in [-0.15, -0.1) is 5.10 Å². The van der Waals surface area contributed by atoms with Gasteiger partial charge in [0.05, 0.1) is 23.6 Å². The maximum atomic E-state index is 6.31. The Balaban J connectivity index is 2.20. The molecule has 0 aromatic carbocycles. The van der Waals surface area contributed by atoms with E-state index in [1.807, 2.05) is 23.3 Å². The minimum atomic E-state index is -0.0943. The molecule has 0 aliphatic carbocycles. The van der Waals surface area contributed by atoms with Gasteiger partial charge >= 0.3 is 0 Å². The molecule has 104 valence electrons. The van der Waals surface area contributed by atoms with Crippen molar-refractivity contribution in [2.45, 2.75) is 46.2 Å². The Morgan fingerprint density at radius 2 is 2.11 bits per heavy atom. The van der Waals surface area contributed by atoms with Crippen LogP contribution in [0, 0.1) is 13.8 Å². The summed E-state index contributed by atoms with van der Waals surface area (Å²) in [5.41, 5.74) is 10.7. The highest BCUT2D eigenvalue weighted by atomic mass is 15.4. The number of nitrogens with two attached hydrogens (primary N) is 1. The molecule has 0 saturated carbocycles. The van der Waals surface area contributed by atoms with Gasteiger partial charge in [-0.3, -0.25) is 4.68 Å². The molecule has 19 heavy (non-hydrogen) atoms. The van der Waals surface area contributed by atoms with Crippen molar-refractivity contribution in [3.63, 3.8) is 0 Å². The van der Waals surface area contributed by atoms with Crippen molar-refractivity contribution in [1.82, 2.24) is 24.8 Å². The van der Waals surface area contributed by atoms with Gasteiger partial charge in [-0.1, -0.05) is 12.1 Å². The molecule has 0 aliphatic heterocycles. The Labute approximate surface area is 113 Å². The third-order valence-corrected chi connectivity index (χ3v) is 3.55. The first-order valence-electron chi connectivity index (χ1n) is 6.67. The lowest BCUT2D eigenvalue weighted by atomic mass is 10.0. The molecule has 0 fully saturated rings. The molecular formula is C13H22N6. The molecule has 2 rings (SSSR count). The van der Waals surface area contributed by atoms with Crippen LogP contribution in [0.15, 0.2) is 6.20 Å². The lowest BCUT2D eigenvalue weighted by Gasteiger charge is -2.13. The molecule has 0 spiro atoms. The van der Waals surface area contributed by atoms with E-state index in [1.54, 1.807) is 6.20 Å². The number of aryl methyl sites for hydroxylation is 3. The summed E-state index contributed by atoms with van der Waals surface area (Å²) in [5.74, 6) is 0. The van der Waals surface area contributed by atoms with E-state index in [-0.39, 0.29) is 6.04 Å². The fraction of sp³-hybridized carbons (Fsp3) is 0.615. The molecular weight excluding hydrogens is 240 g/mol. The zero-order chi connectivity index (χ0) is 14.0. The van der Waals surface area contributed by atoms with Gasteiger partial charge in [0.15, 0.2) is 0 Å². The fourth-order valence-electron chi connectivity index (χ4n) is 2.38. The van der Waals surface area contributed by atoms with Crippen molar-refractivity contribution in [2.75, 3.05) is 0 Å². The Kier molecular flexibility index (Phi) is 3.99. The summed E-state index contributed by atoms with van der Waals surface area (Å²) in [6.45, 7) is 7.07. The summed E-state index contributed by atoms with van der Waals surface area (Å²) in [7, 11) is 1.96. The van der Waals surface area contributed by atoms with Crippen LogP contribution in [-0.4, -0.2) is 24.8 Å². The SMILES string of the molecule is CCCn1nncc1C(N)Cc1c(C)nn(C)c1C. The van der Waals surface area contributed by atoms with Crippen molar-refractivity contribution < 1.29 is 0 Å². The Hall–Kier alpha value is -1.69. The molecule has 0 aliphatic rings. The van der Waals surface area contributed by atoms with E-state index in [9.17, 15) is 0 Å². The predicted molar refractivity (Wildman–Crippen MR) is 73.6 cm³/mol. The molecule has 2 aromatic rings. The first kappa shape index (κ1) is 13.7. The lowest BCUT2D eigenvalue weighted by molar-refractivity contribution is 0.525. The van der Waals surface area contributed by atoms with Crippen molar-refractivity contribution >= 4 is 0 Å². The summed E-state index contributed by atoms with van der Waals surface area (Å²) < 4.78 is 3.80. The van der Waals surface area contributed by atoms with Gasteiger partial charge < -0.3 is 5.73 Å². The second kappa shape index (κ2) is 5.52. The molecule has 0 amide bonds. The summed E-state index contributed by atoms with van der Waals surface area (Å²) in [6.07, 6.45) is 3.55. The van der Waals surface area contributed by atoms with Crippen LogP contribution in [0.2, 0.25) is 0 Å². The van der Waals surface area contributed by atoms with Crippen molar-refractivity contribution in [3.05, 3.63) is 28.8 Å². The molecule has 2 N–H and O–H groups in total. The molecule has 1 unspecified atom stereocenters. The number of hydrogen-bond donors (Lipinski definition) is 1. The van der Waals surface area contributed by atoms with E-state index in [0.717, 1.165) is 30.8 Å². The Bertz CT molecular complexity index is 553. The smallest absolute Gasteiger partial charge is 0.0757 e. The van der Waals surface area contributed by atoms with E-state index in [0.29, 0.717) is 0 Å². The Morgan fingerprint density at radius 1 is 1.37 bits per heavy atom. The molecule has 6 nitrogen and oxygen atoms in total. The molecule has 2 heterocycles. The standard InChI is InChI=1S/C13H22N6/c1-5-6-19-13(8-15-17-19)12(14)7-11-9(2)16-18(4)10(11)3/h8,12H,5-7,14H2,1-4H3. The first-order chi connectivity index (χ1) is 9.04. The molecule has 2 aromatic heterocycles. The average Bonchev–Trinajstić information content (AvgIpc) is 2.91. The van der Waals surface area contributed by atoms with Gasteiger partial charge in [-0.2, -0.15) is 5.10 Å². The molecule has 0 bridgehead atoms. The van der Waals surface area contributed by atoms with Crippen LogP contribution < -0.4 is 5.73 Å². The van der Waals surface area contributed by atoms with Crippen LogP contribution in [0.1, 0.15) is 42.0 Å². The van der Waals surface area contributed by atoms with E-state index in [4.69, 9.17) is 5.73 Å². The van der Waals surface area contributed by atoms with Crippen LogP contribution in [0.25, 0.3) is 0 Å². The zero-order valence-electron chi connectivity index (χ0n) is 12.1. The topological polar surface area (TPSA) is 74.6 Å². The number of rotatable bonds is 5. The molecule has 1 atom stereocenters. The lowest BCUT2D eigenvalue weighted by Crippen LogP contribution is -2.19. The monoisotopic (exact) mass is 262 g/mol. The second-order valence-corrected chi connectivity index (χ2v) is 4.97. The van der Waals surface area contributed by atoms with Gasteiger partial charge in [-0.05, 0) is 32.3 Å². The van der Waals surface area contributed by atoms with Gasteiger partial charge in [-0.25, -0.2) is 4.68 Å². The molecule has 0 radical (unpaired) electrons. The van der Waals surface area contributed by atoms with E-state index in [1.165, 1.54) is 11.3 Å². The summed E-state index contributed by atoms with van der Waals surface area (Å²) >= 11 is 0. The van der Waals surface area contributed by atoms with Gasteiger partial charge in [0.1, 0.15) is 0 Å². The van der Waals surface area contributed by atoms with Crippen molar-refractivity contribution in [2.24, 2.45) is 12.8 Å². The number of nitrogens with zero attached hydrogens (tertiary/aromatic N) is 5. The Morgan fingerprint density at radius 3 is 2.68 bits per heavy atom. The zero-order valence-corrected chi connectivity index (χ0v) is 12.1. The van der Waals surface area contributed by atoms with Gasteiger partial charge in [0.2, 0.25) is 0 Å². The highest BCUT2D eigenvalue weighted by Crippen LogP contribution is 2.20. The third-order valence-electron chi connectivity index (χ3n) is 3.55. The minimum Gasteiger partial charge on any atom is -0.322 e. The largest absolute Gasteiger partial charge is 0.322 e. The van der Waals surface area contributed by atoms with Crippen molar-refractivity contribution in [1.29, 1.82) is 0 Å².